The number of methoxy groups -OCH3 is 1. The standard InChI is InChI=1S/C23H46N4O4/c1-5-10-24-19-21(17-20-8-7-9-23(18-20)30-15-16-31-23)25-22(28)27(6-2)12-11-26(3)13-14-29-4/h20-21,24H,5-19H2,1-4H3,(H,25,28)/t20-,21+/m1/s1. The van der Waals surface area contributed by atoms with E-state index in [0.29, 0.717) is 38.8 Å². The van der Waals surface area contributed by atoms with E-state index >= 15 is 0 Å². The number of hydrogen-bond donors (Lipinski definition) is 2. The molecule has 1 aliphatic carbocycles. The monoisotopic (exact) mass is 442 g/mol. The van der Waals surface area contributed by atoms with E-state index in [1.165, 1.54) is 6.42 Å². The first kappa shape index (κ1) is 26.3. The van der Waals surface area contributed by atoms with E-state index in [9.17, 15) is 4.79 Å². The molecule has 2 atom stereocenters. The Hall–Kier alpha value is -0.930. The highest BCUT2D eigenvalue weighted by atomic mass is 16.7. The van der Waals surface area contributed by atoms with Gasteiger partial charge in [-0.05, 0) is 52.1 Å². The summed E-state index contributed by atoms with van der Waals surface area (Å²) >= 11 is 0. The Labute approximate surface area is 189 Å². The number of ether oxygens (including phenoxy) is 3. The van der Waals surface area contributed by atoms with Crippen molar-refractivity contribution in [3.05, 3.63) is 0 Å². The maximum Gasteiger partial charge on any atom is 0.317 e. The van der Waals surface area contributed by atoms with Crippen LogP contribution in [0.2, 0.25) is 0 Å². The average molecular weight is 443 g/mol. The minimum Gasteiger partial charge on any atom is -0.383 e. The van der Waals surface area contributed by atoms with E-state index in [1.807, 2.05) is 11.8 Å². The highest BCUT2D eigenvalue weighted by Gasteiger charge is 2.41. The van der Waals surface area contributed by atoms with Gasteiger partial charge >= 0.3 is 6.03 Å². The van der Waals surface area contributed by atoms with Crippen molar-refractivity contribution in [3.63, 3.8) is 0 Å². The number of rotatable bonds is 14. The zero-order chi connectivity index (χ0) is 22.5. The Bertz CT molecular complexity index is 502. The first-order valence-electron chi connectivity index (χ1n) is 12.2. The summed E-state index contributed by atoms with van der Waals surface area (Å²) in [5, 5.41) is 6.82. The van der Waals surface area contributed by atoms with Gasteiger partial charge in [0.15, 0.2) is 5.79 Å². The van der Waals surface area contributed by atoms with E-state index in [4.69, 9.17) is 14.2 Å². The Balaban J connectivity index is 1.87. The maximum atomic E-state index is 13.0. The fourth-order valence-corrected chi connectivity index (χ4v) is 4.63. The largest absolute Gasteiger partial charge is 0.383 e. The summed E-state index contributed by atoms with van der Waals surface area (Å²) in [5.41, 5.74) is 0. The fraction of sp³-hybridized carbons (Fsp3) is 0.957. The average Bonchev–Trinajstić information content (AvgIpc) is 3.20. The molecule has 2 amide bonds. The Morgan fingerprint density at radius 3 is 2.68 bits per heavy atom. The quantitative estimate of drug-likeness (QED) is 0.402. The molecule has 1 aliphatic heterocycles. The molecule has 8 heteroatoms. The number of nitrogens with one attached hydrogen (secondary N) is 2. The normalized spacial score (nSPS) is 21.5. The molecule has 2 fully saturated rings. The van der Waals surface area contributed by atoms with Gasteiger partial charge in [0.1, 0.15) is 0 Å². The molecule has 2 N–H and O–H groups in total. The fourth-order valence-electron chi connectivity index (χ4n) is 4.63. The van der Waals surface area contributed by atoms with E-state index in [1.54, 1.807) is 7.11 Å². The molecule has 182 valence electrons. The van der Waals surface area contributed by atoms with Gasteiger partial charge in [-0.1, -0.05) is 6.92 Å². The van der Waals surface area contributed by atoms with Crippen LogP contribution in [-0.4, -0.2) is 101 Å². The summed E-state index contributed by atoms with van der Waals surface area (Å²) in [7, 11) is 3.78. The summed E-state index contributed by atoms with van der Waals surface area (Å²) in [6, 6.07) is 0.144. The minimum absolute atomic E-state index is 0.0322. The predicted molar refractivity (Wildman–Crippen MR) is 123 cm³/mol. The molecule has 1 saturated carbocycles. The van der Waals surface area contributed by atoms with Crippen molar-refractivity contribution in [2.45, 2.75) is 64.2 Å². The molecule has 0 radical (unpaired) electrons. The van der Waals surface area contributed by atoms with E-state index in [0.717, 1.165) is 58.3 Å². The van der Waals surface area contributed by atoms with Gasteiger partial charge in [0.2, 0.25) is 0 Å². The topological polar surface area (TPSA) is 75.3 Å². The van der Waals surface area contributed by atoms with Gasteiger partial charge in [-0.2, -0.15) is 0 Å². The molecule has 2 aliphatic rings. The van der Waals surface area contributed by atoms with Crippen LogP contribution in [0.1, 0.15) is 52.4 Å². The van der Waals surface area contributed by atoms with Crippen molar-refractivity contribution in [2.75, 3.05) is 73.2 Å². The van der Waals surface area contributed by atoms with Crippen LogP contribution in [0.5, 0.6) is 0 Å². The number of carbonyl (C=O) groups is 1. The van der Waals surface area contributed by atoms with Crippen LogP contribution >= 0.6 is 0 Å². The van der Waals surface area contributed by atoms with Gasteiger partial charge in [-0.25, -0.2) is 4.79 Å². The van der Waals surface area contributed by atoms with E-state index in [2.05, 4.69) is 29.5 Å². The number of hydrogen-bond acceptors (Lipinski definition) is 6. The molecule has 1 saturated heterocycles. The van der Waals surface area contributed by atoms with Gasteiger partial charge in [0, 0.05) is 58.7 Å². The van der Waals surface area contributed by atoms with Gasteiger partial charge in [0.05, 0.1) is 19.8 Å². The van der Waals surface area contributed by atoms with E-state index in [-0.39, 0.29) is 17.9 Å². The van der Waals surface area contributed by atoms with Gasteiger partial charge in [-0.15, -0.1) is 0 Å². The van der Waals surface area contributed by atoms with Crippen LogP contribution in [0, 0.1) is 5.92 Å². The number of likely N-dealkylation sites (N-methyl/N-ethyl adjacent to an activating group) is 2. The first-order chi connectivity index (χ1) is 15.0. The van der Waals surface area contributed by atoms with Crippen LogP contribution in [0.4, 0.5) is 4.79 Å². The number of nitrogens with zero attached hydrogens (tertiary/aromatic N) is 2. The molecule has 0 aromatic heterocycles. The zero-order valence-electron chi connectivity index (χ0n) is 20.3. The molecule has 0 aromatic carbocycles. The predicted octanol–water partition coefficient (Wildman–Crippen LogP) is 2.29. The van der Waals surface area contributed by atoms with Crippen LogP contribution in [0.25, 0.3) is 0 Å². The SMILES string of the molecule is CCCNC[C@H](C[C@H]1CCCC2(C1)OCCO2)NC(=O)N(CC)CCN(C)CCOC. The lowest BCUT2D eigenvalue weighted by Gasteiger charge is -2.38. The van der Waals surface area contributed by atoms with Crippen molar-refractivity contribution in [1.82, 2.24) is 20.4 Å². The maximum absolute atomic E-state index is 13.0. The lowest BCUT2D eigenvalue weighted by Crippen LogP contribution is -2.51. The molecule has 0 unspecified atom stereocenters. The number of amides is 2. The number of carbonyl (C=O) groups excluding carboxylic acids is 1. The second-order valence-corrected chi connectivity index (χ2v) is 9.03. The van der Waals surface area contributed by atoms with Gasteiger partial charge in [0.25, 0.3) is 0 Å². The van der Waals surface area contributed by atoms with Crippen molar-refractivity contribution < 1.29 is 19.0 Å². The second kappa shape index (κ2) is 14.3. The summed E-state index contributed by atoms with van der Waals surface area (Å²) in [4.78, 5) is 17.1. The molecule has 31 heavy (non-hydrogen) atoms. The molecule has 0 aromatic rings. The Morgan fingerprint density at radius 2 is 2.00 bits per heavy atom. The van der Waals surface area contributed by atoms with Crippen molar-refractivity contribution in [1.29, 1.82) is 0 Å². The van der Waals surface area contributed by atoms with Crippen LogP contribution < -0.4 is 10.6 Å². The molecule has 8 nitrogen and oxygen atoms in total. The third kappa shape index (κ3) is 9.22. The Morgan fingerprint density at radius 1 is 1.23 bits per heavy atom. The van der Waals surface area contributed by atoms with Crippen LogP contribution in [0.15, 0.2) is 0 Å². The molecule has 2 rings (SSSR count). The van der Waals surface area contributed by atoms with Gasteiger partial charge in [-0.3, -0.25) is 0 Å². The van der Waals surface area contributed by atoms with Crippen LogP contribution in [-0.2, 0) is 14.2 Å². The molecular weight excluding hydrogens is 396 g/mol. The first-order valence-corrected chi connectivity index (χ1v) is 12.2. The third-order valence-corrected chi connectivity index (χ3v) is 6.44. The van der Waals surface area contributed by atoms with E-state index < -0.39 is 0 Å². The summed E-state index contributed by atoms with van der Waals surface area (Å²) in [5.74, 6) is 0.146. The molecular formula is C23H46N4O4. The lowest BCUT2D eigenvalue weighted by atomic mass is 9.81. The Kier molecular flexibility index (Phi) is 12.1. The highest BCUT2D eigenvalue weighted by Crippen LogP contribution is 2.40. The molecule has 1 heterocycles. The summed E-state index contributed by atoms with van der Waals surface area (Å²) < 4.78 is 17.1. The van der Waals surface area contributed by atoms with Gasteiger partial charge < -0.3 is 34.6 Å². The smallest absolute Gasteiger partial charge is 0.317 e. The van der Waals surface area contributed by atoms with Crippen molar-refractivity contribution in [2.24, 2.45) is 5.92 Å². The third-order valence-electron chi connectivity index (χ3n) is 6.44. The highest BCUT2D eigenvalue weighted by molar-refractivity contribution is 5.74. The molecule has 0 bridgehead atoms. The summed E-state index contributed by atoms with van der Waals surface area (Å²) in [6.07, 6.45) is 6.29. The number of urea groups is 1. The van der Waals surface area contributed by atoms with Crippen LogP contribution in [0.3, 0.4) is 0 Å². The molecule has 1 spiro atoms. The summed E-state index contributed by atoms with van der Waals surface area (Å²) in [6.45, 7) is 11.2. The second-order valence-electron chi connectivity index (χ2n) is 9.03. The van der Waals surface area contributed by atoms with Crippen molar-refractivity contribution >= 4 is 6.03 Å². The minimum atomic E-state index is -0.365. The van der Waals surface area contributed by atoms with Crippen molar-refractivity contribution in [3.8, 4) is 0 Å². The lowest BCUT2D eigenvalue weighted by molar-refractivity contribution is -0.187. The zero-order valence-corrected chi connectivity index (χ0v) is 20.3.